The molecule has 7 heteroatoms. The standard InChI is InChI=1S/C29H31NO6/c1-33-27-16-20(35-15-9-3-8-14-31)17-28(34-2)25(27)18-30-29(32)36-19-26-23-12-6-4-10-21(23)22-11-5-7-13-24(22)26/h4-7,10-14,16-17,26H,3,8-9,15,18-19H2,1-2H3,(H,30,32). The summed E-state index contributed by atoms with van der Waals surface area (Å²) >= 11 is 0. The van der Waals surface area contributed by atoms with E-state index in [1.54, 1.807) is 26.4 Å². The molecular formula is C29H31NO6. The smallest absolute Gasteiger partial charge is 0.407 e. The van der Waals surface area contributed by atoms with Crippen molar-refractivity contribution in [3.63, 3.8) is 0 Å². The fourth-order valence-corrected chi connectivity index (χ4v) is 4.55. The number of methoxy groups -OCH3 is 2. The Bertz CT molecular complexity index is 1140. The summed E-state index contributed by atoms with van der Waals surface area (Å²) < 4.78 is 22.5. The van der Waals surface area contributed by atoms with E-state index < -0.39 is 6.09 Å². The van der Waals surface area contributed by atoms with Crippen molar-refractivity contribution in [2.24, 2.45) is 0 Å². The number of carbonyl (C=O) groups excluding carboxylic acids is 2. The third kappa shape index (κ3) is 5.62. The molecule has 3 aromatic rings. The number of alkyl carbamates (subject to hydrolysis) is 1. The maximum Gasteiger partial charge on any atom is 0.407 e. The molecule has 0 spiro atoms. The van der Waals surface area contributed by atoms with Crippen LogP contribution >= 0.6 is 0 Å². The lowest BCUT2D eigenvalue weighted by molar-refractivity contribution is -0.107. The van der Waals surface area contributed by atoms with Gasteiger partial charge in [0, 0.05) is 24.5 Å². The van der Waals surface area contributed by atoms with Gasteiger partial charge in [-0.1, -0.05) is 48.5 Å². The predicted molar refractivity (Wildman–Crippen MR) is 137 cm³/mol. The minimum Gasteiger partial charge on any atom is -0.496 e. The second-order valence-electron chi connectivity index (χ2n) is 8.50. The van der Waals surface area contributed by atoms with Gasteiger partial charge in [0.1, 0.15) is 30.1 Å². The molecule has 0 unspecified atom stereocenters. The molecule has 4 rings (SSSR count). The number of hydrogen-bond acceptors (Lipinski definition) is 6. The van der Waals surface area contributed by atoms with Gasteiger partial charge >= 0.3 is 6.09 Å². The van der Waals surface area contributed by atoms with Crippen LogP contribution in [0.2, 0.25) is 0 Å². The Kier molecular flexibility index (Phi) is 8.44. The zero-order chi connectivity index (χ0) is 25.3. The largest absolute Gasteiger partial charge is 0.496 e. The number of aldehydes is 1. The van der Waals surface area contributed by atoms with Crippen LogP contribution in [0.5, 0.6) is 17.2 Å². The molecule has 36 heavy (non-hydrogen) atoms. The minimum absolute atomic E-state index is 0.00446. The molecule has 1 aliphatic carbocycles. The van der Waals surface area contributed by atoms with Gasteiger partial charge in [0.25, 0.3) is 0 Å². The number of ether oxygens (including phenoxy) is 4. The SMILES string of the molecule is COc1cc(OCCCCC=O)cc(OC)c1CNC(=O)OCC1c2ccccc2-c2ccccc21. The average Bonchev–Trinajstić information content (AvgIpc) is 3.24. The predicted octanol–water partition coefficient (Wildman–Crippen LogP) is 5.49. The van der Waals surface area contributed by atoms with E-state index in [-0.39, 0.29) is 19.1 Å². The van der Waals surface area contributed by atoms with E-state index >= 15 is 0 Å². The van der Waals surface area contributed by atoms with Crippen molar-refractivity contribution in [3.8, 4) is 28.4 Å². The van der Waals surface area contributed by atoms with Crippen molar-refractivity contribution >= 4 is 12.4 Å². The molecule has 0 saturated heterocycles. The Morgan fingerprint density at radius 1 is 0.917 bits per heavy atom. The molecule has 1 amide bonds. The Hall–Kier alpha value is -4.00. The van der Waals surface area contributed by atoms with Crippen molar-refractivity contribution in [1.82, 2.24) is 5.32 Å². The van der Waals surface area contributed by atoms with E-state index in [9.17, 15) is 9.59 Å². The van der Waals surface area contributed by atoms with Crippen LogP contribution in [0.3, 0.4) is 0 Å². The summed E-state index contributed by atoms with van der Waals surface area (Å²) in [5, 5.41) is 2.81. The van der Waals surface area contributed by atoms with Crippen LogP contribution in [0.1, 0.15) is 41.9 Å². The minimum atomic E-state index is -0.517. The monoisotopic (exact) mass is 489 g/mol. The van der Waals surface area contributed by atoms with Crippen molar-refractivity contribution in [2.45, 2.75) is 31.7 Å². The third-order valence-corrected chi connectivity index (χ3v) is 6.32. The first-order valence-corrected chi connectivity index (χ1v) is 12.1. The van der Waals surface area contributed by atoms with E-state index in [1.807, 2.05) is 24.3 Å². The lowest BCUT2D eigenvalue weighted by atomic mass is 9.98. The average molecular weight is 490 g/mol. The summed E-state index contributed by atoms with van der Waals surface area (Å²) in [5.74, 6) is 1.67. The van der Waals surface area contributed by atoms with Gasteiger partial charge in [-0.15, -0.1) is 0 Å². The fraction of sp³-hybridized carbons (Fsp3) is 0.310. The Balaban J connectivity index is 1.37. The Labute approximate surface area is 211 Å². The molecule has 3 aromatic carbocycles. The molecule has 1 N–H and O–H groups in total. The van der Waals surface area contributed by atoms with Gasteiger partial charge < -0.3 is 29.1 Å². The lowest BCUT2D eigenvalue weighted by Gasteiger charge is -2.17. The number of unbranched alkanes of at least 4 members (excludes halogenated alkanes) is 2. The number of benzene rings is 3. The second-order valence-corrected chi connectivity index (χ2v) is 8.50. The molecule has 0 aliphatic heterocycles. The number of nitrogens with one attached hydrogen (secondary N) is 1. The summed E-state index contributed by atoms with van der Waals surface area (Å²) in [4.78, 5) is 23.1. The molecule has 7 nitrogen and oxygen atoms in total. The first kappa shape index (κ1) is 25.1. The third-order valence-electron chi connectivity index (χ3n) is 6.32. The van der Waals surface area contributed by atoms with Crippen molar-refractivity contribution < 1.29 is 28.5 Å². The highest BCUT2D eigenvalue weighted by Crippen LogP contribution is 2.44. The zero-order valence-electron chi connectivity index (χ0n) is 20.6. The van der Waals surface area contributed by atoms with Gasteiger partial charge in [-0.3, -0.25) is 0 Å². The molecule has 0 atom stereocenters. The van der Waals surface area contributed by atoms with Crippen LogP contribution < -0.4 is 19.5 Å². The van der Waals surface area contributed by atoms with Crippen LogP contribution in [-0.2, 0) is 16.1 Å². The molecular weight excluding hydrogens is 458 g/mol. The van der Waals surface area contributed by atoms with E-state index in [1.165, 1.54) is 11.1 Å². The molecule has 0 heterocycles. The summed E-state index contributed by atoms with van der Waals surface area (Å²) in [5.41, 5.74) is 5.38. The lowest BCUT2D eigenvalue weighted by Crippen LogP contribution is -2.26. The maximum absolute atomic E-state index is 12.6. The number of hydrogen-bond donors (Lipinski definition) is 1. The Morgan fingerprint density at radius 2 is 1.53 bits per heavy atom. The maximum atomic E-state index is 12.6. The molecule has 1 aliphatic rings. The summed E-state index contributed by atoms with van der Waals surface area (Å²) in [6, 6.07) is 20.0. The number of fused-ring (bicyclic) bond motifs is 3. The van der Waals surface area contributed by atoms with E-state index in [4.69, 9.17) is 18.9 Å². The summed E-state index contributed by atoms with van der Waals surface area (Å²) in [6.07, 6.45) is 2.46. The van der Waals surface area contributed by atoms with Crippen molar-refractivity contribution in [3.05, 3.63) is 77.4 Å². The highest BCUT2D eigenvalue weighted by molar-refractivity contribution is 5.79. The van der Waals surface area contributed by atoms with E-state index in [2.05, 4.69) is 29.6 Å². The Morgan fingerprint density at radius 3 is 2.11 bits per heavy atom. The topological polar surface area (TPSA) is 83.1 Å². The first-order chi connectivity index (χ1) is 17.7. The van der Waals surface area contributed by atoms with Crippen LogP contribution in [0.25, 0.3) is 11.1 Å². The molecule has 0 radical (unpaired) electrons. The van der Waals surface area contributed by atoms with Gasteiger partial charge in [0.2, 0.25) is 0 Å². The molecule has 0 bridgehead atoms. The van der Waals surface area contributed by atoms with Crippen molar-refractivity contribution in [1.29, 1.82) is 0 Å². The van der Waals surface area contributed by atoms with Gasteiger partial charge in [-0.05, 0) is 35.1 Å². The highest BCUT2D eigenvalue weighted by atomic mass is 16.5. The van der Waals surface area contributed by atoms with Crippen LogP contribution in [0, 0.1) is 0 Å². The van der Waals surface area contributed by atoms with Gasteiger partial charge in [-0.2, -0.15) is 0 Å². The molecule has 0 aromatic heterocycles. The molecule has 0 fully saturated rings. The summed E-state index contributed by atoms with van der Waals surface area (Å²) in [6.45, 7) is 0.894. The summed E-state index contributed by atoms with van der Waals surface area (Å²) in [7, 11) is 3.11. The first-order valence-electron chi connectivity index (χ1n) is 12.1. The van der Waals surface area contributed by atoms with Crippen LogP contribution in [-0.4, -0.2) is 39.8 Å². The number of carbonyl (C=O) groups is 2. The second kappa shape index (κ2) is 12.1. The normalized spacial score (nSPS) is 11.8. The van der Waals surface area contributed by atoms with Crippen LogP contribution in [0.15, 0.2) is 60.7 Å². The fourth-order valence-electron chi connectivity index (χ4n) is 4.55. The highest BCUT2D eigenvalue weighted by Gasteiger charge is 2.29. The van der Waals surface area contributed by atoms with Gasteiger partial charge in [-0.25, -0.2) is 4.79 Å². The van der Waals surface area contributed by atoms with Gasteiger partial charge in [0.05, 0.1) is 32.9 Å². The van der Waals surface area contributed by atoms with E-state index in [0.717, 1.165) is 30.3 Å². The molecule has 0 saturated carbocycles. The van der Waals surface area contributed by atoms with Crippen molar-refractivity contribution in [2.75, 3.05) is 27.4 Å². The van der Waals surface area contributed by atoms with Gasteiger partial charge in [0.15, 0.2) is 0 Å². The zero-order valence-corrected chi connectivity index (χ0v) is 20.6. The van der Waals surface area contributed by atoms with Crippen LogP contribution in [0.4, 0.5) is 4.79 Å². The quantitative estimate of drug-likeness (QED) is 0.268. The van der Waals surface area contributed by atoms with E-state index in [0.29, 0.717) is 35.8 Å². The molecule has 188 valence electrons. The number of rotatable bonds is 12. The number of amides is 1.